The van der Waals surface area contributed by atoms with Gasteiger partial charge in [-0.1, -0.05) is 31.5 Å². The normalized spacial score (nSPS) is 37.2. The zero-order chi connectivity index (χ0) is 24.4. The number of carbonyl (C=O) groups excluding carboxylic acids is 2. The number of rotatable bonds is 3. The monoisotopic (exact) mass is 483 g/mol. The highest BCUT2D eigenvalue weighted by Crippen LogP contribution is 2.67. The molecule has 2 unspecified atom stereocenters. The quantitative estimate of drug-likeness (QED) is 0.556. The fourth-order valence-corrected chi connectivity index (χ4v) is 8.90. The van der Waals surface area contributed by atoms with Gasteiger partial charge < -0.3 is 10.2 Å². The first-order valence-electron chi connectivity index (χ1n) is 12.9. The Balaban J connectivity index is 1.35. The van der Waals surface area contributed by atoms with E-state index in [1.807, 2.05) is 32.0 Å². The van der Waals surface area contributed by atoms with Gasteiger partial charge in [-0.15, -0.1) is 0 Å². The molecular formula is C28H38ClN3O2. The van der Waals surface area contributed by atoms with Gasteiger partial charge in [0.05, 0.1) is 0 Å². The van der Waals surface area contributed by atoms with Crippen LogP contribution >= 0.6 is 11.6 Å². The molecule has 0 spiro atoms. The number of halogens is 1. The second kappa shape index (κ2) is 8.36. The number of fused-ring (bicyclic) bond motifs is 5. The molecule has 5 nitrogen and oxygen atoms in total. The molecule has 1 aromatic heterocycles. The summed E-state index contributed by atoms with van der Waals surface area (Å²) in [4.78, 5) is 31.8. The number of carbonyl (C=O) groups is 2. The zero-order valence-corrected chi connectivity index (χ0v) is 22.0. The molecule has 0 radical (unpaired) electrons. The summed E-state index contributed by atoms with van der Waals surface area (Å²) in [5, 5.41) is 3.97. The minimum absolute atomic E-state index is 0.0198. The third kappa shape index (κ3) is 3.61. The van der Waals surface area contributed by atoms with Crippen molar-refractivity contribution in [2.24, 2.45) is 34.5 Å². The molecule has 5 rings (SSSR count). The molecular weight excluding hydrogens is 446 g/mol. The summed E-state index contributed by atoms with van der Waals surface area (Å²) in [6.07, 6.45) is 9.33. The number of nitrogens with one attached hydrogen (secondary N) is 1. The summed E-state index contributed by atoms with van der Waals surface area (Å²) < 4.78 is 0. The number of piperidine rings is 1. The molecule has 2 heterocycles. The fraction of sp³-hybridized carbons (Fsp3) is 0.679. The topological polar surface area (TPSA) is 62.3 Å². The lowest BCUT2D eigenvalue weighted by molar-refractivity contribution is -0.136. The van der Waals surface area contributed by atoms with Crippen molar-refractivity contribution in [1.82, 2.24) is 9.88 Å². The van der Waals surface area contributed by atoms with Gasteiger partial charge in [-0.25, -0.2) is 4.98 Å². The van der Waals surface area contributed by atoms with Crippen molar-refractivity contribution >= 4 is 29.2 Å². The Morgan fingerprint density at radius 1 is 1.21 bits per heavy atom. The third-order valence-corrected chi connectivity index (χ3v) is 10.5. The van der Waals surface area contributed by atoms with Crippen LogP contribution in [0.2, 0.25) is 0 Å². The van der Waals surface area contributed by atoms with Crippen LogP contribution in [0, 0.1) is 48.3 Å². The zero-order valence-electron chi connectivity index (χ0n) is 21.2. The van der Waals surface area contributed by atoms with Crippen LogP contribution in [-0.4, -0.2) is 28.7 Å². The van der Waals surface area contributed by atoms with Crippen molar-refractivity contribution in [3.63, 3.8) is 0 Å². The Morgan fingerprint density at radius 3 is 2.71 bits per heavy atom. The van der Waals surface area contributed by atoms with Gasteiger partial charge in [0.15, 0.2) is 0 Å². The lowest BCUT2D eigenvalue weighted by Gasteiger charge is -2.59. The highest BCUT2D eigenvalue weighted by atomic mass is 35.5. The highest BCUT2D eigenvalue weighted by Gasteiger charge is 2.60. The molecule has 34 heavy (non-hydrogen) atoms. The van der Waals surface area contributed by atoms with Gasteiger partial charge in [-0.05, 0) is 92.6 Å². The summed E-state index contributed by atoms with van der Waals surface area (Å²) in [6, 6.07) is 2.06. The first-order valence-corrected chi connectivity index (χ1v) is 13.3. The van der Waals surface area contributed by atoms with Gasteiger partial charge in [0.1, 0.15) is 5.82 Å². The number of nitrogens with zero attached hydrogens (tertiary/aromatic N) is 2. The minimum Gasteiger partial charge on any atom is -0.318 e. The van der Waals surface area contributed by atoms with Gasteiger partial charge in [-0.2, -0.15) is 0 Å². The number of aryl methyl sites for hydroxylation is 2. The van der Waals surface area contributed by atoms with E-state index in [0.29, 0.717) is 42.3 Å². The summed E-state index contributed by atoms with van der Waals surface area (Å²) in [7, 11) is 1.90. The second-order valence-electron chi connectivity index (χ2n) is 12.0. The lowest BCUT2D eigenvalue weighted by atomic mass is 9.49. The number of aromatic nitrogens is 1. The molecule has 2 saturated carbocycles. The second-order valence-corrected chi connectivity index (χ2v) is 12.4. The molecule has 1 N–H and O–H groups in total. The van der Waals surface area contributed by atoms with E-state index in [2.05, 4.69) is 30.2 Å². The Morgan fingerprint density at radius 2 is 1.97 bits per heavy atom. The van der Waals surface area contributed by atoms with Crippen LogP contribution in [0.4, 0.5) is 5.82 Å². The molecule has 3 aliphatic carbocycles. The van der Waals surface area contributed by atoms with Crippen LogP contribution < -0.4 is 5.32 Å². The van der Waals surface area contributed by atoms with E-state index in [-0.39, 0.29) is 22.6 Å². The molecule has 6 atom stereocenters. The van der Waals surface area contributed by atoms with Crippen molar-refractivity contribution in [3.05, 3.63) is 34.1 Å². The largest absolute Gasteiger partial charge is 0.318 e. The van der Waals surface area contributed by atoms with Gasteiger partial charge in [-0.3, -0.25) is 9.59 Å². The molecule has 1 aliphatic heterocycles. The molecule has 1 saturated heterocycles. The first kappa shape index (κ1) is 23.8. The number of likely N-dealkylation sites (tertiary alicyclic amines) is 1. The van der Waals surface area contributed by atoms with E-state index >= 15 is 0 Å². The Kier molecular flexibility index (Phi) is 5.86. The maximum Gasteiger partial charge on any atom is 0.226 e. The predicted molar refractivity (Wildman–Crippen MR) is 135 cm³/mol. The van der Waals surface area contributed by atoms with E-state index in [9.17, 15) is 9.59 Å². The van der Waals surface area contributed by atoms with Crippen LogP contribution in [0.25, 0.3) is 0 Å². The SMILES string of the molecule is Cc1cnc(NC(=O)C[C@H]2CC[C@H]3C4CC(Cl)=C5N(C)C(=O)CC[C@]5(C)C4CC[C@]23C)c(C)c1. The molecule has 0 bridgehead atoms. The standard InChI is InChI=1S/C28H38ClN3O2/c1-16-12-17(2)26(30-15-16)31-23(33)13-18-6-7-20-19-14-22(29)25-28(4,11-9-24(34)32(25)5)21(19)8-10-27(18,20)3/h12,15,18-21H,6-11,13-14H2,1-5H3,(H,30,31,33)/t18-,19?,20+,21?,27-,28-/m1/s1. The first-order chi connectivity index (χ1) is 16.0. The van der Waals surface area contributed by atoms with E-state index in [1.165, 1.54) is 6.42 Å². The summed E-state index contributed by atoms with van der Waals surface area (Å²) in [5.41, 5.74) is 3.34. The minimum atomic E-state index is -0.0198. The average molecular weight is 484 g/mol. The smallest absolute Gasteiger partial charge is 0.226 e. The van der Waals surface area contributed by atoms with Crippen LogP contribution in [0.15, 0.2) is 23.0 Å². The molecule has 3 fully saturated rings. The average Bonchev–Trinajstić information content (AvgIpc) is 3.09. The number of amides is 2. The van der Waals surface area contributed by atoms with Crippen molar-refractivity contribution in [2.45, 2.75) is 79.1 Å². The number of anilines is 1. The number of hydrogen-bond donors (Lipinski definition) is 1. The summed E-state index contributed by atoms with van der Waals surface area (Å²) in [6.45, 7) is 8.79. The van der Waals surface area contributed by atoms with E-state index < -0.39 is 0 Å². The van der Waals surface area contributed by atoms with Crippen molar-refractivity contribution in [3.8, 4) is 0 Å². The van der Waals surface area contributed by atoms with Gasteiger partial charge in [0.25, 0.3) is 0 Å². The van der Waals surface area contributed by atoms with Gasteiger partial charge >= 0.3 is 0 Å². The van der Waals surface area contributed by atoms with Gasteiger partial charge in [0, 0.05) is 42.2 Å². The van der Waals surface area contributed by atoms with Crippen molar-refractivity contribution in [1.29, 1.82) is 0 Å². The van der Waals surface area contributed by atoms with Crippen LogP contribution in [-0.2, 0) is 9.59 Å². The number of allylic oxidation sites excluding steroid dienone is 2. The maximum atomic E-state index is 13.0. The number of pyridine rings is 1. The summed E-state index contributed by atoms with van der Waals surface area (Å²) in [5.74, 6) is 3.02. The molecule has 2 amide bonds. The molecule has 0 aromatic carbocycles. The molecule has 4 aliphatic rings. The fourth-order valence-electron chi connectivity index (χ4n) is 8.38. The van der Waals surface area contributed by atoms with E-state index in [1.54, 1.807) is 0 Å². The predicted octanol–water partition coefficient (Wildman–Crippen LogP) is 6.20. The molecule has 6 heteroatoms. The highest BCUT2D eigenvalue weighted by molar-refractivity contribution is 6.30. The van der Waals surface area contributed by atoms with Crippen LogP contribution in [0.1, 0.15) is 76.3 Å². The lowest BCUT2D eigenvalue weighted by Crippen LogP contribution is -2.54. The Hall–Kier alpha value is -1.88. The van der Waals surface area contributed by atoms with Crippen LogP contribution in [0.3, 0.4) is 0 Å². The van der Waals surface area contributed by atoms with Crippen molar-refractivity contribution < 1.29 is 9.59 Å². The molecule has 184 valence electrons. The Labute approximate surface area is 208 Å². The third-order valence-electron chi connectivity index (χ3n) is 10.1. The van der Waals surface area contributed by atoms with Crippen LogP contribution in [0.5, 0.6) is 0 Å². The Bertz CT molecular complexity index is 1070. The number of hydrogen-bond acceptors (Lipinski definition) is 3. The molecule has 1 aromatic rings. The summed E-state index contributed by atoms with van der Waals surface area (Å²) >= 11 is 6.95. The van der Waals surface area contributed by atoms with Gasteiger partial charge in [0.2, 0.25) is 11.8 Å². The van der Waals surface area contributed by atoms with E-state index in [4.69, 9.17) is 11.6 Å². The maximum absolute atomic E-state index is 13.0. The van der Waals surface area contributed by atoms with Crippen molar-refractivity contribution in [2.75, 3.05) is 12.4 Å². The van der Waals surface area contributed by atoms with E-state index in [0.717, 1.165) is 54.0 Å².